The molecule has 134 valence electrons. The zero-order valence-electron chi connectivity index (χ0n) is 14.5. The van der Waals surface area contributed by atoms with Crippen LogP contribution in [0.3, 0.4) is 0 Å². The third kappa shape index (κ3) is 3.18. The molecule has 1 fully saturated rings. The Bertz CT molecular complexity index is 916. The molecular formula is C16H19N3O4S2. The van der Waals surface area contributed by atoms with Crippen LogP contribution in [0.15, 0.2) is 9.95 Å². The Labute approximate surface area is 153 Å². The summed E-state index contributed by atoms with van der Waals surface area (Å²) in [6, 6.07) is -0.0849. The number of thioether (sulfide) groups is 1. The molecule has 0 saturated carbocycles. The van der Waals surface area contributed by atoms with Crippen molar-refractivity contribution in [2.24, 2.45) is 0 Å². The van der Waals surface area contributed by atoms with Crippen LogP contribution >= 0.6 is 23.1 Å². The molecule has 1 aliphatic rings. The van der Waals surface area contributed by atoms with Crippen molar-refractivity contribution in [3.05, 3.63) is 20.8 Å². The van der Waals surface area contributed by atoms with Crippen molar-refractivity contribution in [1.29, 1.82) is 0 Å². The minimum absolute atomic E-state index is 0.0309. The largest absolute Gasteiger partial charge is 0.447 e. The van der Waals surface area contributed by atoms with Gasteiger partial charge in [0.25, 0.3) is 5.56 Å². The topological polar surface area (TPSA) is 81.5 Å². The number of fused-ring (bicyclic) bond motifs is 1. The maximum absolute atomic E-state index is 12.9. The highest BCUT2D eigenvalue weighted by Crippen LogP contribution is 2.29. The highest BCUT2D eigenvalue weighted by atomic mass is 32.2. The van der Waals surface area contributed by atoms with E-state index in [1.807, 2.05) is 27.7 Å². The van der Waals surface area contributed by atoms with E-state index in [9.17, 15) is 14.4 Å². The normalized spacial score (nSPS) is 14.6. The number of thiophene rings is 1. The van der Waals surface area contributed by atoms with Gasteiger partial charge in [0, 0.05) is 10.9 Å². The monoisotopic (exact) mass is 381 g/mol. The first-order valence-electron chi connectivity index (χ1n) is 7.93. The van der Waals surface area contributed by atoms with Crippen LogP contribution in [0.2, 0.25) is 0 Å². The molecule has 0 N–H and O–H groups in total. The first kappa shape index (κ1) is 17.9. The zero-order chi connectivity index (χ0) is 18.3. The molecule has 1 saturated heterocycles. The van der Waals surface area contributed by atoms with E-state index >= 15 is 0 Å². The van der Waals surface area contributed by atoms with Crippen LogP contribution in [-0.4, -0.2) is 45.4 Å². The summed E-state index contributed by atoms with van der Waals surface area (Å²) >= 11 is 2.66. The zero-order valence-corrected chi connectivity index (χ0v) is 16.1. The van der Waals surface area contributed by atoms with E-state index in [1.54, 1.807) is 4.57 Å². The van der Waals surface area contributed by atoms with Crippen molar-refractivity contribution in [2.45, 2.75) is 38.9 Å². The lowest BCUT2D eigenvalue weighted by Gasteiger charge is -2.16. The van der Waals surface area contributed by atoms with Crippen molar-refractivity contribution < 1.29 is 14.3 Å². The molecule has 2 amide bonds. The van der Waals surface area contributed by atoms with Crippen molar-refractivity contribution in [1.82, 2.24) is 14.5 Å². The lowest BCUT2D eigenvalue weighted by molar-refractivity contribution is -0.125. The van der Waals surface area contributed by atoms with Gasteiger partial charge in [-0.1, -0.05) is 11.8 Å². The van der Waals surface area contributed by atoms with Gasteiger partial charge in [0.05, 0.1) is 17.7 Å². The van der Waals surface area contributed by atoms with E-state index < -0.39 is 6.09 Å². The molecule has 2 aromatic rings. The van der Waals surface area contributed by atoms with Crippen LogP contribution < -0.4 is 5.56 Å². The van der Waals surface area contributed by atoms with E-state index in [2.05, 4.69) is 4.98 Å². The number of cyclic esters (lactones) is 1. The van der Waals surface area contributed by atoms with Gasteiger partial charge >= 0.3 is 6.09 Å². The Morgan fingerprint density at radius 1 is 1.36 bits per heavy atom. The fourth-order valence-corrected chi connectivity index (χ4v) is 4.74. The second-order valence-corrected chi connectivity index (χ2v) is 8.22. The maximum atomic E-state index is 12.9. The van der Waals surface area contributed by atoms with Crippen LogP contribution in [0.25, 0.3) is 10.2 Å². The molecule has 0 radical (unpaired) electrons. The number of imide groups is 1. The van der Waals surface area contributed by atoms with E-state index in [-0.39, 0.29) is 36.4 Å². The minimum Gasteiger partial charge on any atom is -0.447 e. The summed E-state index contributed by atoms with van der Waals surface area (Å²) in [5.74, 6) is -0.306. The summed E-state index contributed by atoms with van der Waals surface area (Å²) in [5, 5.41) is 1.14. The molecule has 1 aliphatic heterocycles. The van der Waals surface area contributed by atoms with Gasteiger partial charge in [-0.2, -0.15) is 0 Å². The predicted octanol–water partition coefficient (Wildman–Crippen LogP) is 2.73. The van der Waals surface area contributed by atoms with Crippen molar-refractivity contribution in [2.75, 3.05) is 18.9 Å². The molecule has 3 heterocycles. The Morgan fingerprint density at radius 3 is 2.68 bits per heavy atom. The molecule has 3 rings (SSSR count). The number of ether oxygens (including phenoxy) is 1. The fraction of sp³-hybridized carbons (Fsp3) is 0.500. The van der Waals surface area contributed by atoms with Crippen LogP contribution in [0.4, 0.5) is 4.79 Å². The van der Waals surface area contributed by atoms with E-state index in [1.165, 1.54) is 23.1 Å². The Morgan fingerprint density at radius 2 is 2.08 bits per heavy atom. The average Bonchev–Trinajstić information content (AvgIpc) is 3.08. The molecule has 0 aliphatic carbocycles. The van der Waals surface area contributed by atoms with Gasteiger partial charge in [0.15, 0.2) is 5.16 Å². The lowest BCUT2D eigenvalue weighted by atomic mass is 10.2. The van der Waals surface area contributed by atoms with Crippen LogP contribution in [0.1, 0.15) is 30.3 Å². The number of carbonyl (C=O) groups is 2. The van der Waals surface area contributed by atoms with Crippen LogP contribution in [-0.2, 0) is 9.53 Å². The standard InChI is InChI=1S/C16H19N3O4S2/c1-8(2)19-14(21)12-9(3)10(4)25-13(12)17-15(19)24-7-11(20)18-5-6-23-16(18)22/h8H,5-7H2,1-4H3. The molecule has 2 aromatic heterocycles. The quantitative estimate of drug-likeness (QED) is 0.598. The molecule has 7 nitrogen and oxygen atoms in total. The summed E-state index contributed by atoms with van der Waals surface area (Å²) in [5.41, 5.74) is 0.872. The van der Waals surface area contributed by atoms with Gasteiger partial charge < -0.3 is 4.74 Å². The number of hydrogen-bond donors (Lipinski definition) is 0. The third-order valence-corrected chi connectivity index (χ3v) is 6.14. The lowest BCUT2D eigenvalue weighted by Crippen LogP contribution is -2.33. The second-order valence-electron chi connectivity index (χ2n) is 6.08. The Hall–Kier alpha value is -1.87. The highest BCUT2D eigenvalue weighted by Gasteiger charge is 2.29. The van der Waals surface area contributed by atoms with Gasteiger partial charge in [0.1, 0.15) is 11.4 Å². The smallest absolute Gasteiger partial charge is 0.416 e. The number of aryl methyl sites for hydroxylation is 2. The van der Waals surface area contributed by atoms with Gasteiger partial charge in [0.2, 0.25) is 5.91 Å². The maximum Gasteiger partial charge on any atom is 0.416 e. The molecule has 0 atom stereocenters. The SMILES string of the molecule is Cc1sc2nc(SCC(=O)N3CCOC3=O)n(C(C)C)c(=O)c2c1C. The first-order chi connectivity index (χ1) is 11.8. The van der Waals surface area contributed by atoms with Gasteiger partial charge in [-0.25, -0.2) is 14.7 Å². The Balaban J connectivity index is 1.95. The first-order valence-corrected chi connectivity index (χ1v) is 9.73. The Kier molecular flexibility index (Phi) is 4.88. The van der Waals surface area contributed by atoms with E-state index in [4.69, 9.17) is 4.74 Å². The summed E-state index contributed by atoms with van der Waals surface area (Å²) in [6.45, 7) is 8.21. The highest BCUT2D eigenvalue weighted by molar-refractivity contribution is 7.99. The fourth-order valence-electron chi connectivity index (χ4n) is 2.67. The molecule has 0 spiro atoms. The van der Waals surface area contributed by atoms with Crippen molar-refractivity contribution >= 4 is 45.3 Å². The van der Waals surface area contributed by atoms with Crippen LogP contribution in [0.5, 0.6) is 0 Å². The van der Waals surface area contributed by atoms with Gasteiger partial charge in [-0.05, 0) is 33.3 Å². The average molecular weight is 381 g/mol. The molecule has 25 heavy (non-hydrogen) atoms. The predicted molar refractivity (Wildman–Crippen MR) is 97.5 cm³/mol. The van der Waals surface area contributed by atoms with Gasteiger partial charge in [-0.3, -0.25) is 14.2 Å². The molecule has 0 unspecified atom stereocenters. The summed E-state index contributed by atoms with van der Waals surface area (Å²) in [4.78, 5) is 44.1. The number of hydrogen-bond acceptors (Lipinski definition) is 7. The van der Waals surface area contributed by atoms with Crippen LogP contribution in [0, 0.1) is 13.8 Å². The van der Waals surface area contributed by atoms with Crippen molar-refractivity contribution in [3.8, 4) is 0 Å². The molecule has 0 bridgehead atoms. The summed E-state index contributed by atoms with van der Waals surface area (Å²) in [6.07, 6.45) is -0.611. The van der Waals surface area contributed by atoms with Crippen molar-refractivity contribution in [3.63, 3.8) is 0 Å². The molecular weight excluding hydrogens is 362 g/mol. The number of carbonyl (C=O) groups excluding carboxylic acids is 2. The number of aromatic nitrogens is 2. The number of amides is 2. The molecule has 9 heteroatoms. The van der Waals surface area contributed by atoms with E-state index in [0.717, 1.165) is 15.3 Å². The minimum atomic E-state index is -0.611. The summed E-state index contributed by atoms with van der Waals surface area (Å²) < 4.78 is 6.39. The van der Waals surface area contributed by atoms with Gasteiger partial charge in [-0.15, -0.1) is 11.3 Å². The molecule has 0 aromatic carbocycles. The third-order valence-electron chi connectivity index (χ3n) is 4.11. The van der Waals surface area contributed by atoms with E-state index in [0.29, 0.717) is 15.4 Å². The number of rotatable bonds is 4. The number of nitrogens with zero attached hydrogens (tertiary/aromatic N) is 3. The summed E-state index contributed by atoms with van der Waals surface area (Å²) in [7, 11) is 0. The second kappa shape index (κ2) is 6.80.